The standard InChI is InChI=1S/C15H22N2O3/c1-4-17(5-2)11-8-10(3)15(16)12(9-11)13(18)6-7-14(19)20/h8-9H,4-7,16H2,1-3H3,(H,19,20). The van der Waals surface area contributed by atoms with Crippen molar-refractivity contribution in [2.45, 2.75) is 33.6 Å². The van der Waals surface area contributed by atoms with Crippen molar-refractivity contribution in [3.05, 3.63) is 23.3 Å². The number of aryl methyl sites for hydroxylation is 1. The maximum Gasteiger partial charge on any atom is 0.303 e. The minimum Gasteiger partial charge on any atom is -0.481 e. The summed E-state index contributed by atoms with van der Waals surface area (Å²) in [6, 6.07) is 3.72. The fourth-order valence-corrected chi connectivity index (χ4v) is 2.14. The van der Waals surface area contributed by atoms with Crippen LogP contribution < -0.4 is 10.6 Å². The molecule has 0 saturated carbocycles. The highest BCUT2D eigenvalue weighted by Gasteiger charge is 2.16. The minimum absolute atomic E-state index is 0.0271. The summed E-state index contributed by atoms with van der Waals surface area (Å²) in [7, 11) is 0. The highest BCUT2D eigenvalue weighted by molar-refractivity contribution is 6.03. The van der Waals surface area contributed by atoms with Crippen LogP contribution in [-0.4, -0.2) is 29.9 Å². The Hall–Kier alpha value is -2.04. The summed E-state index contributed by atoms with van der Waals surface area (Å²) in [6.07, 6.45) is -0.201. The van der Waals surface area contributed by atoms with Gasteiger partial charge in [-0.2, -0.15) is 0 Å². The highest BCUT2D eigenvalue weighted by Crippen LogP contribution is 2.26. The van der Waals surface area contributed by atoms with Crippen molar-refractivity contribution in [3.8, 4) is 0 Å². The van der Waals surface area contributed by atoms with Crippen molar-refractivity contribution in [2.75, 3.05) is 23.7 Å². The Morgan fingerprint density at radius 3 is 2.30 bits per heavy atom. The zero-order valence-corrected chi connectivity index (χ0v) is 12.3. The number of benzene rings is 1. The number of carbonyl (C=O) groups is 2. The van der Waals surface area contributed by atoms with Gasteiger partial charge in [-0.25, -0.2) is 0 Å². The molecule has 0 aromatic heterocycles. The molecule has 0 fully saturated rings. The predicted octanol–water partition coefficient (Wildman–Crippen LogP) is 2.47. The molecule has 0 unspecified atom stereocenters. The van der Waals surface area contributed by atoms with Crippen LogP contribution in [0.1, 0.15) is 42.6 Å². The van der Waals surface area contributed by atoms with Crippen LogP contribution in [0.4, 0.5) is 11.4 Å². The maximum absolute atomic E-state index is 12.1. The summed E-state index contributed by atoms with van der Waals surface area (Å²) < 4.78 is 0. The molecule has 3 N–H and O–H groups in total. The molecule has 0 atom stereocenters. The van der Waals surface area contributed by atoms with Crippen LogP contribution in [0.5, 0.6) is 0 Å². The summed E-state index contributed by atoms with van der Waals surface area (Å²) in [5.41, 5.74) is 8.61. The predicted molar refractivity (Wildman–Crippen MR) is 80.4 cm³/mol. The lowest BCUT2D eigenvalue weighted by Gasteiger charge is -2.23. The summed E-state index contributed by atoms with van der Waals surface area (Å²) in [4.78, 5) is 24.8. The first-order valence-electron chi connectivity index (χ1n) is 6.80. The molecule has 1 aromatic rings. The van der Waals surface area contributed by atoms with Crippen molar-refractivity contribution in [1.82, 2.24) is 0 Å². The van der Waals surface area contributed by atoms with E-state index >= 15 is 0 Å². The molecule has 0 spiro atoms. The topological polar surface area (TPSA) is 83.6 Å². The van der Waals surface area contributed by atoms with Gasteiger partial charge in [-0.3, -0.25) is 9.59 Å². The van der Waals surface area contributed by atoms with Crippen molar-refractivity contribution in [2.24, 2.45) is 0 Å². The molecule has 0 aliphatic heterocycles. The van der Waals surface area contributed by atoms with Crippen LogP contribution in [0, 0.1) is 6.92 Å². The number of carbonyl (C=O) groups excluding carboxylic acids is 1. The third-order valence-corrected chi connectivity index (χ3v) is 3.37. The van der Waals surface area contributed by atoms with E-state index in [-0.39, 0.29) is 18.6 Å². The molecule has 5 nitrogen and oxygen atoms in total. The monoisotopic (exact) mass is 278 g/mol. The van der Waals surface area contributed by atoms with Crippen molar-refractivity contribution in [3.63, 3.8) is 0 Å². The highest BCUT2D eigenvalue weighted by atomic mass is 16.4. The summed E-state index contributed by atoms with van der Waals surface area (Å²) in [5.74, 6) is -1.20. The number of Topliss-reactive ketones (excluding diaryl/α,β-unsaturated/α-hetero) is 1. The lowest BCUT2D eigenvalue weighted by molar-refractivity contribution is -0.136. The second-order valence-corrected chi connectivity index (χ2v) is 4.71. The van der Waals surface area contributed by atoms with Crippen LogP contribution in [0.15, 0.2) is 12.1 Å². The lowest BCUT2D eigenvalue weighted by Crippen LogP contribution is -2.22. The normalized spacial score (nSPS) is 10.3. The zero-order valence-electron chi connectivity index (χ0n) is 12.3. The molecular formula is C15H22N2O3. The SMILES string of the molecule is CCN(CC)c1cc(C)c(N)c(C(=O)CCC(=O)O)c1. The van der Waals surface area contributed by atoms with Gasteiger partial charge in [0, 0.05) is 36.4 Å². The summed E-state index contributed by atoms with van der Waals surface area (Å²) in [6.45, 7) is 7.61. The van der Waals surface area contributed by atoms with E-state index in [2.05, 4.69) is 4.90 Å². The number of nitrogens with two attached hydrogens (primary N) is 1. The van der Waals surface area contributed by atoms with Crippen molar-refractivity contribution < 1.29 is 14.7 Å². The largest absolute Gasteiger partial charge is 0.481 e. The average molecular weight is 278 g/mol. The number of anilines is 2. The van der Waals surface area contributed by atoms with Crippen LogP contribution >= 0.6 is 0 Å². The summed E-state index contributed by atoms with van der Waals surface area (Å²) in [5, 5.41) is 8.66. The quantitative estimate of drug-likeness (QED) is 0.591. The lowest BCUT2D eigenvalue weighted by atomic mass is 10.00. The molecular weight excluding hydrogens is 256 g/mol. The molecule has 0 heterocycles. The molecule has 0 radical (unpaired) electrons. The molecule has 0 aliphatic carbocycles. The van der Waals surface area contributed by atoms with Crippen molar-refractivity contribution >= 4 is 23.1 Å². The molecule has 1 rings (SSSR count). The van der Waals surface area contributed by atoms with E-state index in [0.717, 1.165) is 24.3 Å². The van der Waals surface area contributed by atoms with Gasteiger partial charge in [0.1, 0.15) is 0 Å². The second-order valence-electron chi connectivity index (χ2n) is 4.71. The van der Waals surface area contributed by atoms with E-state index in [1.807, 2.05) is 26.8 Å². The Bertz CT molecular complexity index is 508. The molecule has 1 aromatic carbocycles. The molecule has 0 aliphatic rings. The molecule has 110 valence electrons. The number of carboxylic acid groups (broad SMARTS) is 1. The smallest absolute Gasteiger partial charge is 0.303 e. The Kier molecular flexibility index (Phi) is 5.55. The average Bonchev–Trinajstić information content (AvgIpc) is 2.41. The van der Waals surface area contributed by atoms with Crippen molar-refractivity contribution in [1.29, 1.82) is 0 Å². The Morgan fingerprint density at radius 1 is 1.20 bits per heavy atom. The van der Waals surface area contributed by atoms with E-state index in [4.69, 9.17) is 10.8 Å². The van der Waals surface area contributed by atoms with Gasteiger partial charge < -0.3 is 15.7 Å². The number of ketones is 1. The van der Waals surface area contributed by atoms with E-state index in [9.17, 15) is 9.59 Å². The second kappa shape index (κ2) is 6.93. The van der Waals surface area contributed by atoms with Gasteiger partial charge in [0.2, 0.25) is 0 Å². The van der Waals surface area contributed by atoms with Gasteiger partial charge in [0.15, 0.2) is 5.78 Å². The molecule has 0 bridgehead atoms. The fourth-order valence-electron chi connectivity index (χ4n) is 2.14. The van der Waals surface area contributed by atoms with E-state index in [1.165, 1.54) is 0 Å². The van der Waals surface area contributed by atoms with Gasteiger partial charge in [0.25, 0.3) is 0 Å². The van der Waals surface area contributed by atoms with E-state index in [0.29, 0.717) is 11.3 Å². The van der Waals surface area contributed by atoms with Gasteiger partial charge in [0.05, 0.1) is 6.42 Å². The van der Waals surface area contributed by atoms with Crippen LogP contribution in [-0.2, 0) is 4.79 Å². The third-order valence-electron chi connectivity index (χ3n) is 3.37. The number of hydrogen-bond donors (Lipinski definition) is 2. The first-order chi connectivity index (χ1) is 9.40. The zero-order chi connectivity index (χ0) is 15.3. The number of nitrogens with zero attached hydrogens (tertiary/aromatic N) is 1. The Labute approximate surface area is 119 Å². The van der Waals surface area contributed by atoms with Gasteiger partial charge in [-0.05, 0) is 38.5 Å². The molecule has 0 amide bonds. The van der Waals surface area contributed by atoms with Gasteiger partial charge in [-0.1, -0.05) is 0 Å². The van der Waals surface area contributed by atoms with E-state index in [1.54, 1.807) is 6.07 Å². The summed E-state index contributed by atoms with van der Waals surface area (Å²) >= 11 is 0. The van der Waals surface area contributed by atoms with Crippen LogP contribution in [0.2, 0.25) is 0 Å². The first-order valence-corrected chi connectivity index (χ1v) is 6.80. The van der Waals surface area contributed by atoms with Crippen LogP contribution in [0.3, 0.4) is 0 Å². The number of rotatable bonds is 7. The Balaban J connectivity index is 3.11. The maximum atomic E-state index is 12.1. The third kappa shape index (κ3) is 3.73. The molecule has 5 heteroatoms. The van der Waals surface area contributed by atoms with Gasteiger partial charge in [-0.15, -0.1) is 0 Å². The molecule has 20 heavy (non-hydrogen) atoms. The number of hydrogen-bond acceptors (Lipinski definition) is 4. The number of aliphatic carboxylic acids is 1. The van der Waals surface area contributed by atoms with E-state index < -0.39 is 5.97 Å². The van der Waals surface area contributed by atoms with Crippen LogP contribution in [0.25, 0.3) is 0 Å². The number of carboxylic acids is 1. The Morgan fingerprint density at radius 2 is 1.80 bits per heavy atom. The minimum atomic E-state index is -0.978. The number of nitrogen functional groups attached to an aromatic ring is 1. The van der Waals surface area contributed by atoms with Gasteiger partial charge >= 0.3 is 5.97 Å². The first kappa shape index (κ1) is 16.0. The molecule has 0 saturated heterocycles. The fraction of sp³-hybridized carbons (Fsp3) is 0.467.